The molecule has 10 aromatic rings. The lowest BCUT2D eigenvalue weighted by molar-refractivity contribution is 0.417. The van der Waals surface area contributed by atoms with Crippen LogP contribution in [0.1, 0.15) is 23.0 Å². The van der Waals surface area contributed by atoms with Crippen LogP contribution in [-0.2, 0) is 0 Å². The lowest BCUT2D eigenvalue weighted by Crippen LogP contribution is -2.13. The van der Waals surface area contributed by atoms with Crippen LogP contribution in [0, 0.1) is 0 Å². The summed E-state index contributed by atoms with van der Waals surface area (Å²) in [5.74, 6) is 2.09. The maximum Gasteiger partial charge on any atom is 0.130 e. The largest absolute Gasteiger partial charge is 0.461 e. The summed E-state index contributed by atoms with van der Waals surface area (Å²) < 4.78 is 11.5. The topological polar surface area (TPSA) is 19.1 Å². The summed E-state index contributed by atoms with van der Waals surface area (Å²) in [7, 11) is 0. The molecule has 8 aromatic carbocycles. The minimum atomic E-state index is 0.0547. The van der Waals surface area contributed by atoms with Gasteiger partial charge in [-0.15, -0.1) is 0 Å². The van der Waals surface area contributed by atoms with Crippen molar-refractivity contribution in [1.82, 2.24) is 9.13 Å². The summed E-state index contributed by atoms with van der Waals surface area (Å²) in [6, 6.07) is 64.1. The number of hydrogen-bond acceptors (Lipinski definition) is 1. The molecule has 55 heavy (non-hydrogen) atoms. The van der Waals surface area contributed by atoms with Gasteiger partial charge in [0.05, 0.1) is 28.0 Å². The van der Waals surface area contributed by atoms with Crippen molar-refractivity contribution < 1.29 is 4.74 Å². The van der Waals surface area contributed by atoms with Crippen LogP contribution in [0.2, 0.25) is 0 Å². The van der Waals surface area contributed by atoms with E-state index in [-0.39, 0.29) is 11.8 Å². The lowest BCUT2D eigenvalue weighted by atomic mass is 9.76. The van der Waals surface area contributed by atoms with E-state index < -0.39 is 0 Å². The minimum Gasteiger partial charge on any atom is -0.461 e. The Morgan fingerprint density at radius 1 is 0.418 bits per heavy atom. The number of aromatic nitrogens is 2. The van der Waals surface area contributed by atoms with Gasteiger partial charge in [0, 0.05) is 44.4 Å². The summed E-state index contributed by atoms with van der Waals surface area (Å²) in [5.41, 5.74) is 12.1. The highest BCUT2D eigenvalue weighted by molar-refractivity contribution is 6.22. The second-order valence-electron chi connectivity index (χ2n) is 14.8. The van der Waals surface area contributed by atoms with Gasteiger partial charge >= 0.3 is 0 Å². The highest BCUT2D eigenvalue weighted by Crippen LogP contribution is 2.53. The molecule has 0 N–H and O–H groups in total. The molecule has 0 spiro atoms. The summed E-state index contributed by atoms with van der Waals surface area (Å²) in [6.07, 6.45) is 6.73. The number of para-hydroxylation sites is 4. The Bertz CT molecular complexity index is 3240. The Hall–Kier alpha value is -7.10. The molecular weight excluding hydrogens is 669 g/mol. The van der Waals surface area contributed by atoms with Gasteiger partial charge in [0.2, 0.25) is 0 Å². The van der Waals surface area contributed by atoms with Crippen LogP contribution >= 0.6 is 0 Å². The molecular formula is C52H34N2O. The van der Waals surface area contributed by atoms with E-state index in [1.165, 1.54) is 82.3 Å². The third kappa shape index (κ3) is 4.44. The van der Waals surface area contributed by atoms with Crippen molar-refractivity contribution in [2.75, 3.05) is 0 Å². The first kappa shape index (κ1) is 30.4. The molecule has 3 heteroatoms. The number of nitrogens with zero attached hydrogens (tertiary/aromatic N) is 2. The Morgan fingerprint density at radius 3 is 1.76 bits per heavy atom. The molecule has 2 aromatic heterocycles. The summed E-state index contributed by atoms with van der Waals surface area (Å²) in [6.45, 7) is 0. The van der Waals surface area contributed by atoms with E-state index in [9.17, 15) is 0 Å². The van der Waals surface area contributed by atoms with Crippen LogP contribution in [0.4, 0.5) is 0 Å². The molecule has 0 bridgehead atoms. The van der Waals surface area contributed by atoms with Gasteiger partial charge in [0.1, 0.15) is 11.5 Å². The van der Waals surface area contributed by atoms with Crippen molar-refractivity contribution in [3.05, 3.63) is 211 Å². The van der Waals surface area contributed by atoms with Crippen molar-refractivity contribution >= 4 is 54.4 Å². The molecule has 12 rings (SSSR count). The zero-order chi connectivity index (χ0) is 36.0. The Labute approximate surface area is 318 Å². The zero-order valence-corrected chi connectivity index (χ0v) is 29.9. The summed E-state index contributed by atoms with van der Waals surface area (Å²) in [5, 5.41) is 7.63. The number of allylic oxidation sites excluding steroid dienone is 4. The van der Waals surface area contributed by atoms with Gasteiger partial charge in [-0.05, 0) is 100 Å². The number of benzene rings is 8. The Morgan fingerprint density at radius 2 is 1.00 bits per heavy atom. The van der Waals surface area contributed by atoms with Crippen molar-refractivity contribution in [3.8, 4) is 28.3 Å². The normalized spacial score (nSPS) is 16.2. The van der Waals surface area contributed by atoms with Crippen LogP contribution in [0.15, 0.2) is 200 Å². The number of ether oxygens (including phenoxy) is 1. The molecule has 258 valence electrons. The van der Waals surface area contributed by atoms with Gasteiger partial charge in [0.25, 0.3) is 0 Å². The van der Waals surface area contributed by atoms with Gasteiger partial charge in [-0.2, -0.15) is 0 Å². The minimum absolute atomic E-state index is 0.0547. The van der Waals surface area contributed by atoms with E-state index in [1.807, 2.05) is 0 Å². The highest BCUT2D eigenvalue weighted by Gasteiger charge is 2.38. The fraction of sp³-hybridized carbons (Fsp3) is 0.0385. The summed E-state index contributed by atoms with van der Waals surface area (Å²) >= 11 is 0. The van der Waals surface area contributed by atoms with E-state index in [2.05, 4.69) is 203 Å². The van der Waals surface area contributed by atoms with E-state index in [0.29, 0.717) is 0 Å². The number of fused-ring (bicyclic) bond motifs is 11. The molecule has 0 saturated carbocycles. The van der Waals surface area contributed by atoms with Gasteiger partial charge in [-0.25, -0.2) is 0 Å². The van der Waals surface area contributed by atoms with Crippen LogP contribution in [0.25, 0.3) is 76.9 Å². The molecule has 1 aliphatic heterocycles. The van der Waals surface area contributed by atoms with Gasteiger partial charge in [-0.3, -0.25) is 0 Å². The van der Waals surface area contributed by atoms with Crippen LogP contribution < -0.4 is 4.74 Å². The quantitative estimate of drug-likeness (QED) is 0.179. The third-order valence-corrected chi connectivity index (χ3v) is 11.9. The molecule has 3 nitrogen and oxygen atoms in total. The fourth-order valence-electron chi connectivity index (χ4n) is 9.58. The maximum absolute atomic E-state index is 6.68. The van der Waals surface area contributed by atoms with Crippen molar-refractivity contribution in [2.24, 2.45) is 0 Å². The fourth-order valence-corrected chi connectivity index (χ4v) is 9.58. The van der Waals surface area contributed by atoms with E-state index in [4.69, 9.17) is 4.74 Å². The van der Waals surface area contributed by atoms with E-state index >= 15 is 0 Å². The smallest absolute Gasteiger partial charge is 0.130 e. The molecule has 2 atom stereocenters. The van der Waals surface area contributed by atoms with Crippen molar-refractivity contribution in [1.29, 1.82) is 0 Å². The average Bonchev–Trinajstić information content (AvgIpc) is 3.91. The van der Waals surface area contributed by atoms with E-state index in [1.54, 1.807) is 0 Å². The van der Waals surface area contributed by atoms with E-state index in [0.717, 1.165) is 17.2 Å². The van der Waals surface area contributed by atoms with Crippen molar-refractivity contribution in [3.63, 3.8) is 0 Å². The van der Waals surface area contributed by atoms with Crippen molar-refractivity contribution in [2.45, 2.75) is 11.8 Å². The molecule has 3 heterocycles. The third-order valence-electron chi connectivity index (χ3n) is 11.9. The van der Waals surface area contributed by atoms with Gasteiger partial charge in [0.15, 0.2) is 0 Å². The first-order valence-corrected chi connectivity index (χ1v) is 19.1. The molecule has 0 radical (unpaired) electrons. The SMILES string of the molecule is C1=CC(c2cc3c(c4ccccc24)c2ccccc2n3-c2ccccc2)C2C(=C1)Oc1ccc(-c3ccc4c(c3)c3ccccc3n4-c3ccccc3)cc12. The van der Waals surface area contributed by atoms with Crippen LogP contribution in [-0.4, -0.2) is 9.13 Å². The molecule has 0 amide bonds. The standard InChI is InChI=1S/C52H34N2O/c1-3-14-35(15-4-1)53-45-23-11-9-19-38(45)43-30-33(26-28-47(43)53)34-27-29-49-44(31-34)52-40(22-13-25-50(52)55-49)42-32-48-51(39-20-8-7-18-37(39)42)41-21-10-12-24-46(41)54(48)36-16-5-2-6-17-36/h1-32,40,52H. The lowest BCUT2D eigenvalue weighted by Gasteiger charge is -2.26. The second kappa shape index (κ2) is 11.7. The van der Waals surface area contributed by atoms with Gasteiger partial charge in [-0.1, -0.05) is 121 Å². The Kier molecular flexibility index (Phi) is 6.46. The molecule has 2 unspecified atom stereocenters. The van der Waals surface area contributed by atoms with Crippen LogP contribution in [0.3, 0.4) is 0 Å². The first-order chi connectivity index (χ1) is 27.3. The van der Waals surface area contributed by atoms with Crippen LogP contribution in [0.5, 0.6) is 5.75 Å². The number of hydrogen-bond donors (Lipinski definition) is 0. The maximum atomic E-state index is 6.68. The Balaban J connectivity index is 1.03. The zero-order valence-electron chi connectivity index (χ0n) is 29.9. The monoisotopic (exact) mass is 702 g/mol. The molecule has 0 fully saturated rings. The predicted octanol–water partition coefficient (Wildman–Crippen LogP) is 13.4. The highest BCUT2D eigenvalue weighted by atomic mass is 16.5. The first-order valence-electron chi connectivity index (χ1n) is 19.1. The number of rotatable bonds is 4. The molecule has 2 aliphatic rings. The average molecular weight is 703 g/mol. The predicted molar refractivity (Wildman–Crippen MR) is 228 cm³/mol. The summed E-state index contributed by atoms with van der Waals surface area (Å²) in [4.78, 5) is 0. The molecule has 0 saturated heterocycles. The molecule has 1 aliphatic carbocycles. The second-order valence-corrected chi connectivity index (χ2v) is 14.8. The van der Waals surface area contributed by atoms with Gasteiger partial charge < -0.3 is 13.9 Å².